The highest BCUT2D eigenvalue weighted by molar-refractivity contribution is 5.91. The molecule has 0 aromatic carbocycles. The Morgan fingerprint density at radius 2 is 2.33 bits per heavy atom. The molecule has 2 aromatic heterocycles. The molecule has 0 saturated carbocycles. The third-order valence-electron chi connectivity index (χ3n) is 2.41. The third-order valence-corrected chi connectivity index (χ3v) is 2.41. The summed E-state index contributed by atoms with van der Waals surface area (Å²) in [6.07, 6.45) is 4.04. The van der Waals surface area contributed by atoms with E-state index in [4.69, 9.17) is 10.2 Å². The smallest absolute Gasteiger partial charge is 0.267 e. The topological polar surface area (TPSA) is 94.0 Å². The van der Waals surface area contributed by atoms with Crippen molar-refractivity contribution in [3.8, 4) is 0 Å². The molecule has 6 nitrogen and oxygen atoms in total. The number of oxazole rings is 1. The first kappa shape index (κ1) is 12.1. The van der Waals surface area contributed by atoms with Crippen LogP contribution in [-0.4, -0.2) is 15.9 Å². The Morgan fingerprint density at radius 1 is 1.50 bits per heavy atom. The number of nitrogens with zero attached hydrogens (tertiary/aromatic N) is 2. The number of aryl methyl sites for hydroxylation is 1. The lowest BCUT2D eigenvalue weighted by atomic mass is 10.3. The highest BCUT2D eigenvalue weighted by Crippen LogP contribution is 2.10. The molecule has 0 aliphatic rings. The Kier molecular flexibility index (Phi) is 3.57. The molecule has 0 saturated heterocycles. The Morgan fingerprint density at radius 3 is 3.00 bits per heavy atom. The lowest BCUT2D eigenvalue weighted by Crippen LogP contribution is -2.13. The van der Waals surface area contributed by atoms with Gasteiger partial charge in [0.1, 0.15) is 11.5 Å². The second-order valence-electron chi connectivity index (χ2n) is 3.72. The molecule has 0 aliphatic carbocycles. The number of nitrogens with one attached hydrogen (secondary N) is 1. The summed E-state index contributed by atoms with van der Waals surface area (Å²) in [6.45, 7) is 2.45. The van der Waals surface area contributed by atoms with Gasteiger partial charge in [0.15, 0.2) is 0 Å². The summed E-state index contributed by atoms with van der Waals surface area (Å²) in [7, 11) is 0. The number of pyridine rings is 1. The SMILES string of the molecule is CCc1cnc(CNc2ccnc(C(N)=O)c2)o1. The number of nitrogens with two attached hydrogens (primary N) is 1. The van der Waals surface area contributed by atoms with Gasteiger partial charge in [0.25, 0.3) is 5.91 Å². The zero-order chi connectivity index (χ0) is 13.0. The van der Waals surface area contributed by atoms with Gasteiger partial charge in [-0.15, -0.1) is 0 Å². The van der Waals surface area contributed by atoms with Crippen LogP contribution in [0.15, 0.2) is 28.9 Å². The molecule has 0 aliphatic heterocycles. The number of carbonyl (C=O) groups is 1. The Bertz CT molecular complexity index is 551. The summed E-state index contributed by atoms with van der Waals surface area (Å²) >= 11 is 0. The molecule has 2 aromatic rings. The molecule has 6 heteroatoms. The van der Waals surface area contributed by atoms with E-state index < -0.39 is 5.91 Å². The van der Waals surface area contributed by atoms with Gasteiger partial charge in [0.2, 0.25) is 5.89 Å². The van der Waals surface area contributed by atoms with Crippen molar-refractivity contribution >= 4 is 11.6 Å². The second kappa shape index (κ2) is 5.31. The standard InChI is InChI=1S/C12H14N4O2/c1-2-9-6-16-11(18-9)7-15-8-3-4-14-10(5-8)12(13)17/h3-6H,2,7H2,1H3,(H2,13,17)(H,14,15). The Balaban J connectivity index is 2.01. The third kappa shape index (κ3) is 2.85. The van der Waals surface area contributed by atoms with E-state index in [1.807, 2.05) is 6.92 Å². The lowest BCUT2D eigenvalue weighted by molar-refractivity contribution is 0.0995. The normalized spacial score (nSPS) is 10.3. The molecule has 0 radical (unpaired) electrons. The van der Waals surface area contributed by atoms with Crippen LogP contribution in [0.4, 0.5) is 5.69 Å². The molecule has 94 valence electrons. The number of hydrogen-bond donors (Lipinski definition) is 2. The maximum atomic E-state index is 11.0. The molecular formula is C12H14N4O2. The van der Waals surface area contributed by atoms with E-state index in [2.05, 4.69) is 15.3 Å². The van der Waals surface area contributed by atoms with Gasteiger partial charge >= 0.3 is 0 Å². The van der Waals surface area contributed by atoms with E-state index in [-0.39, 0.29) is 5.69 Å². The minimum absolute atomic E-state index is 0.224. The van der Waals surface area contributed by atoms with E-state index in [9.17, 15) is 4.79 Å². The zero-order valence-electron chi connectivity index (χ0n) is 10.0. The first-order valence-corrected chi connectivity index (χ1v) is 5.62. The summed E-state index contributed by atoms with van der Waals surface area (Å²) in [5, 5.41) is 3.09. The van der Waals surface area contributed by atoms with Crippen molar-refractivity contribution in [2.24, 2.45) is 5.73 Å². The van der Waals surface area contributed by atoms with Crippen LogP contribution in [0.25, 0.3) is 0 Å². The van der Waals surface area contributed by atoms with E-state index in [0.717, 1.165) is 17.9 Å². The maximum absolute atomic E-state index is 11.0. The van der Waals surface area contributed by atoms with Gasteiger partial charge in [-0.25, -0.2) is 4.98 Å². The van der Waals surface area contributed by atoms with Crippen LogP contribution in [0.5, 0.6) is 0 Å². The zero-order valence-corrected chi connectivity index (χ0v) is 10.0. The fourth-order valence-electron chi connectivity index (χ4n) is 1.45. The Hall–Kier alpha value is -2.37. The van der Waals surface area contributed by atoms with Crippen LogP contribution >= 0.6 is 0 Å². The molecule has 2 heterocycles. The molecule has 0 spiro atoms. The van der Waals surface area contributed by atoms with Gasteiger partial charge < -0.3 is 15.5 Å². The summed E-state index contributed by atoms with van der Waals surface area (Å²) in [5.41, 5.74) is 6.12. The van der Waals surface area contributed by atoms with E-state index in [1.54, 1.807) is 18.3 Å². The summed E-state index contributed by atoms with van der Waals surface area (Å²) < 4.78 is 5.45. The van der Waals surface area contributed by atoms with Crippen molar-refractivity contribution in [2.75, 3.05) is 5.32 Å². The molecule has 0 unspecified atom stereocenters. The van der Waals surface area contributed by atoms with Crippen molar-refractivity contribution in [1.29, 1.82) is 0 Å². The number of aromatic nitrogens is 2. The van der Waals surface area contributed by atoms with E-state index >= 15 is 0 Å². The van der Waals surface area contributed by atoms with Crippen molar-refractivity contribution in [3.63, 3.8) is 0 Å². The first-order valence-electron chi connectivity index (χ1n) is 5.62. The number of primary amides is 1. The predicted molar refractivity (Wildman–Crippen MR) is 66.0 cm³/mol. The van der Waals surface area contributed by atoms with Crippen LogP contribution in [0.2, 0.25) is 0 Å². The number of anilines is 1. The van der Waals surface area contributed by atoms with Gasteiger partial charge in [-0.05, 0) is 12.1 Å². The number of hydrogen-bond acceptors (Lipinski definition) is 5. The molecule has 2 rings (SSSR count). The largest absolute Gasteiger partial charge is 0.444 e. The van der Waals surface area contributed by atoms with Gasteiger partial charge in [0, 0.05) is 18.3 Å². The minimum Gasteiger partial charge on any atom is -0.444 e. The average molecular weight is 246 g/mol. The summed E-state index contributed by atoms with van der Waals surface area (Å²) in [6, 6.07) is 3.34. The van der Waals surface area contributed by atoms with E-state index in [0.29, 0.717) is 12.4 Å². The number of rotatable bonds is 5. The number of amides is 1. The van der Waals surface area contributed by atoms with Crippen LogP contribution < -0.4 is 11.1 Å². The number of carbonyl (C=O) groups excluding carboxylic acids is 1. The lowest BCUT2D eigenvalue weighted by Gasteiger charge is -2.04. The highest BCUT2D eigenvalue weighted by Gasteiger charge is 2.05. The van der Waals surface area contributed by atoms with Gasteiger partial charge in [-0.1, -0.05) is 6.92 Å². The molecule has 0 bridgehead atoms. The fraction of sp³-hybridized carbons (Fsp3) is 0.250. The maximum Gasteiger partial charge on any atom is 0.267 e. The minimum atomic E-state index is -0.553. The van der Waals surface area contributed by atoms with Crippen LogP contribution in [-0.2, 0) is 13.0 Å². The fourth-order valence-corrected chi connectivity index (χ4v) is 1.45. The monoisotopic (exact) mass is 246 g/mol. The van der Waals surface area contributed by atoms with Crippen LogP contribution in [0, 0.1) is 0 Å². The van der Waals surface area contributed by atoms with Gasteiger partial charge in [-0.3, -0.25) is 9.78 Å². The van der Waals surface area contributed by atoms with Crippen LogP contribution in [0.3, 0.4) is 0 Å². The second-order valence-corrected chi connectivity index (χ2v) is 3.72. The molecule has 1 amide bonds. The van der Waals surface area contributed by atoms with E-state index in [1.165, 1.54) is 6.20 Å². The predicted octanol–water partition coefficient (Wildman–Crippen LogP) is 1.34. The van der Waals surface area contributed by atoms with Crippen molar-refractivity contribution in [3.05, 3.63) is 41.9 Å². The molecular weight excluding hydrogens is 232 g/mol. The van der Waals surface area contributed by atoms with Crippen LogP contribution in [0.1, 0.15) is 29.1 Å². The van der Waals surface area contributed by atoms with Crippen molar-refractivity contribution in [1.82, 2.24) is 9.97 Å². The molecule has 3 N–H and O–H groups in total. The van der Waals surface area contributed by atoms with Crippen molar-refractivity contribution < 1.29 is 9.21 Å². The molecule has 18 heavy (non-hydrogen) atoms. The first-order chi connectivity index (χ1) is 8.69. The molecule has 0 fully saturated rings. The quantitative estimate of drug-likeness (QED) is 0.830. The average Bonchev–Trinajstić information content (AvgIpc) is 2.84. The van der Waals surface area contributed by atoms with Gasteiger partial charge in [-0.2, -0.15) is 0 Å². The van der Waals surface area contributed by atoms with Gasteiger partial charge in [0.05, 0.1) is 12.7 Å². The summed E-state index contributed by atoms with van der Waals surface area (Å²) in [4.78, 5) is 19.0. The Labute approximate surface area is 104 Å². The van der Waals surface area contributed by atoms with Crippen molar-refractivity contribution in [2.45, 2.75) is 19.9 Å². The molecule has 0 atom stereocenters. The summed E-state index contributed by atoms with van der Waals surface area (Å²) in [5.74, 6) is 0.895. The highest BCUT2D eigenvalue weighted by atomic mass is 16.4.